The van der Waals surface area contributed by atoms with E-state index in [4.69, 9.17) is 4.42 Å². The highest BCUT2D eigenvalue weighted by Crippen LogP contribution is 2.18. The van der Waals surface area contributed by atoms with Crippen molar-refractivity contribution in [2.24, 2.45) is 0 Å². The molecule has 0 spiro atoms. The Labute approximate surface area is 121 Å². The molecule has 104 valence electrons. The Kier molecular flexibility index (Phi) is 3.80. The first-order valence-corrected chi connectivity index (χ1v) is 7.66. The maximum atomic E-state index is 5.69. The average Bonchev–Trinajstić information content (AvgIpc) is 3.10. The molecule has 0 amide bonds. The molecule has 2 aromatic heterocycles. The van der Waals surface area contributed by atoms with E-state index in [9.17, 15) is 0 Å². The van der Waals surface area contributed by atoms with Gasteiger partial charge in [0.25, 0.3) is 0 Å². The van der Waals surface area contributed by atoms with E-state index in [1.54, 1.807) is 11.3 Å². The number of rotatable bonds is 5. The van der Waals surface area contributed by atoms with Gasteiger partial charge in [0.1, 0.15) is 5.52 Å². The SMILES string of the molecule is CCc1nc([C@H](C)NCc2nc3ccccc3o2)cs1. The third-order valence-corrected chi connectivity index (χ3v) is 4.22. The molecular weight excluding hydrogens is 270 g/mol. The molecule has 0 aliphatic rings. The van der Waals surface area contributed by atoms with Crippen LogP contribution in [0.1, 0.15) is 36.5 Å². The van der Waals surface area contributed by atoms with E-state index in [0.29, 0.717) is 12.4 Å². The van der Waals surface area contributed by atoms with Crippen molar-refractivity contribution in [3.05, 3.63) is 46.2 Å². The molecule has 5 heteroatoms. The minimum Gasteiger partial charge on any atom is -0.439 e. The van der Waals surface area contributed by atoms with Gasteiger partial charge >= 0.3 is 0 Å². The van der Waals surface area contributed by atoms with Crippen molar-refractivity contribution in [3.8, 4) is 0 Å². The van der Waals surface area contributed by atoms with E-state index < -0.39 is 0 Å². The molecule has 0 aliphatic heterocycles. The maximum Gasteiger partial charge on any atom is 0.209 e. The zero-order valence-electron chi connectivity index (χ0n) is 11.6. The molecule has 0 saturated heterocycles. The molecule has 3 aromatic rings. The lowest BCUT2D eigenvalue weighted by Gasteiger charge is -2.09. The number of aryl methyl sites for hydroxylation is 1. The number of hydrogen-bond acceptors (Lipinski definition) is 5. The molecule has 0 radical (unpaired) electrons. The maximum absolute atomic E-state index is 5.69. The summed E-state index contributed by atoms with van der Waals surface area (Å²) < 4.78 is 5.69. The lowest BCUT2D eigenvalue weighted by atomic mass is 10.2. The molecule has 1 aromatic carbocycles. The van der Waals surface area contributed by atoms with Crippen molar-refractivity contribution in [3.63, 3.8) is 0 Å². The summed E-state index contributed by atoms with van der Waals surface area (Å²) in [6, 6.07) is 8.01. The number of aromatic nitrogens is 2. The highest BCUT2D eigenvalue weighted by molar-refractivity contribution is 7.09. The molecule has 0 bridgehead atoms. The fourth-order valence-electron chi connectivity index (χ4n) is 2.03. The predicted molar refractivity (Wildman–Crippen MR) is 80.8 cm³/mol. The van der Waals surface area contributed by atoms with Crippen molar-refractivity contribution < 1.29 is 4.42 Å². The first kappa shape index (κ1) is 13.3. The summed E-state index contributed by atoms with van der Waals surface area (Å²) >= 11 is 1.71. The highest BCUT2D eigenvalue weighted by Gasteiger charge is 2.11. The van der Waals surface area contributed by atoms with Gasteiger partial charge in [-0.25, -0.2) is 9.97 Å². The van der Waals surface area contributed by atoms with E-state index in [1.165, 1.54) is 5.01 Å². The molecule has 2 heterocycles. The van der Waals surface area contributed by atoms with Crippen molar-refractivity contribution in [2.75, 3.05) is 0 Å². The highest BCUT2D eigenvalue weighted by atomic mass is 32.1. The van der Waals surface area contributed by atoms with E-state index in [-0.39, 0.29) is 6.04 Å². The van der Waals surface area contributed by atoms with Crippen LogP contribution in [-0.4, -0.2) is 9.97 Å². The largest absolute Gasteiger partial charge is 0.439 e. The molecule has 0 saturated carbocycles. The minimum atomic E-state index is 0.196. The van der Waals surface area contributed by atoms with Gasteiger partial charge in [0.2, 0.25) is 5.89 Å². The Morgan fingerprint density at radius 1 is 1.30 bits per heavy atom. The quantitative estimate of drug-likeness (QED) is 0.777. The van der Waals surface area contributed by atoms with Crippen molar-refractivity contribution in [1.29, 1.82) is 0 Å². The molecule has 3 rings (SSSR count). The van der Waals surface area contributed by atoms with Gasteiger partial charge in [-0.2, -0.15) is 0 Å². The fourth-order valence-corrected chi connectivity index (χ4v) is 2.87. The van der Waals surface area contributed by atoms with Gasteiger partial charge in [-0.15, -0.1) is 11.3 Å². The van der Waals surface area contributed by atoms with Crippen LogP contribution in [0, 0.1) is 0 Å². The van der Waals surface area contributed by atoms with Crippen LogP contribution in [0.15, 0.2) is 34.1 Å². The zero-order valence-corrected chi connectivity index (χ0v) is 12.4. The Morgan fingerprint density at radius 3 is 2.90 bits per heavy atom. The van der Waals surface area contributed by atoms with Crippen LogP contribution in [0.3, 0.4) is 0 Å². The van der Waals surface area contributed by atoms with Gasteiger partial charge in [0, 0.05) is 11.4 Å². The summed E-state index contributed by atoms with van der Waals surface area (Å²) in [6.45, 7) is 4.84. The molecule has 4 nitrogen and oxygen atoms in total. The summed E-state index contributed by atoms with van der Waals surface area (Å²) in [4.78, 5) is 9.04. The Bertz CT molecular complexity index is 671. The number of hydrogen-bond donors (Lipinski definition) is 1. The lowest BCUT2D eigenvalue weighted by molar-refractivity contribution is 0.464. The molecule has 1 atom stereocenters. The van der Waals surface area contributed by atoms with Crippen LogP contribution in [0.5, 0.6) is 0 Å². The molecule has 20 heavy (non-hydrogen) atoms. The Hall–Kier alpha value is -1.72. The number of nitrogens with one attached hydrogen (secondary N) is 1. The first-order valence-electron chi connectivity index (χ1n) is 6.78. The normalized spacial score (nSPS) is 12.9. The van der Waals surface area contributed by atoms with Gasteiger partial charge in [-0.05, 0) is 25.5 Å². The second-order valence-corrected chi connectivity index (χ2v) is 5.64. The molecule has 0 fully saturated rings. The zero-order chi connectivity index (χ0) is 13.9. The van der Waals surface area contributed by atoms with Gasteiger partial charge in [0.15, 0.2) is 5.58 Å². The topological polar surface area (TPSA) is 51.0 Å². The van der Waals surface area contributed by atoms with Crippen LogP contribution in [-0.2, 0) is 13.0 Å². The molecule has 1 N–H and O–H groups in total. The van der Waals surface area contributed by atoms with E-state index in [0.717, 1.165) is 23.2 Å². The third-order valence-electron chi connectivity index (χ3n) is 3.21. The van der Waals surface area contributed by atoms with Gasteiger partial charge < -0.3 is 9.73 Å². The van der Waals surface area contributed by atoms with Crippen LogP contribution >= 0.6 is 11.3 Å². The second kappa shape index (κ2) is 5.73. The first-order chi connectivity index (χ1) is 9.76. The van der Waals surface area contributed by atoms with Crippen molar-refractivity contribution >= 4 is 22.4 Å². The minimum absolute atomic E-state index is 0.196. The van der Waals surface area contributed by atoms with Crippen LogP contribution in [0.25, 0.3) is 11.1 Å². The van der Waals surface area contributed by atoms with Crippen LogP contribution in [0.4, 0.5) is 0 Å². The second-order valence-electron chi connectivity index (χ2n) is 4.70. The van der Waals surface area contributed by atoms with Crippen LogP contribution < -0.4 is 5.32 Å². The van der Waals surface area contributed by atoms with Crippen molar-refractivity contribution in [1.82, 2.24) is 15.3 Å². The number of nitrogens with zero attached hydrogens (tertiary/aromatic N) is 2. The smallest absolute Gasteiger partial charge is 0.209 e. The van der Waals surface area contributed by atoms with E-state index in [2.05, 4.69) is 34.5 Å². The number of thiazole rings is 1. The number of para-hydroxylation sites is 2. The standard InChI is InChI=1S/C15H17N3OS/c1-3-15-18-12(9-20-15)10(2)16-8-14-17-11-6-4-5-7-13(11)19-14/h4-7,9-10,16H,3,8H2,1-2H3/t10-/m0/s1. The summed E-state index contributed by atoms with van der Waals surface area (Å²) in [5.74, 6) is 0.712. The Balaban J connectivity index is 1.66. The average molecular weight is 287 g/mol. The van der Waals surface area contributed by atoms with Gasteiger partial charge in [-0.1, -0.05) is 19.1 Å². The number of oxazole rings is 1. The Morgan fingerprint density at radius 2 is 2.15 bits per heavy atom. The lowest BCUT2D eigenvalue weighted by Crippen LogP contribution is -2.18. The summed E-state index contributed by atoms with van der Waals surface area (Å²) in [7, 11) is 0. The van der Waals surface area contributed by atoms with Crippen molar-refractivity contribution in [2.45, 2.75) is 32.9 Å². The predicted octanol–water partition coefficient (Wildman–Crippen LogP) is 3.70. The third kappa shape index (κ3) is 2.73. The summed E-state index contributed by atoms with van der Waals surface area (Å²) in [5, 5.41) is 6.69. The molecule has 0 unspecified atom stereocenters. The van der Waals surface area contributed by atoms with Gasteiger partial charge in [0.05, 0.1) is 17.2 Å². The molecular formula is C15H17N3OS. The fraction of sp³-hybridized carbons (Fsp3) is 0.333. The summed E-state index contributed by atoms with van der Waals surface area (Å²) in [6.07, 6.45) is 0.989. The monoisotopic (exact) mass is 287 g/mol. The summed E-state index contributed by atoms with van der Waals surface area (Å²) in [5.41, 5.74) is 2.82. The number of fused-ring (bicyclic) bond motifs is 1. The van der Waals surface area contributed by atoms with Crippen LogP contribution in [0.2, 0.25) is 0 Å². The number of benzene rings is 1. The molecule has 0 aliphatic carbocycles. The van der Waals surface area contributed by atoms with E-state index in [1.807, 2.05) is 24.3 Å². The van der Waals surface area contributed by atoms with E-state index >= 15 is 0 Å². The van der Waals surface area contributed by atoms with Gasteiger partial charge in [-0.3, -0.25) is 0 Å².